The van der Waals surface area contributed by atoms with Gasteiger partial charge in [-0.3, -0.25) is 0 Å². The Bertz CT molecular complexity index is 845. The van der Waals surface area contributed by atoms with Crippen LogP contribution < -0.4 is 0 Å². The summed E-state index contributed by atoms with van der Waals surface area (Å²) < 4.78 is 0. The molecule has 1 aromatic carbocycles. The fraction of sp³-hybridized carbons (Fsp3) is 0.333. The third-order valence-corrected chi connectivity index (χ3v) is 5.58. The van der Waals surface area contributed by atoms with Gasteiger partial charge in [0.2, 0.25) is 0 Å². The van der Waals surface area contributed by atoms with E-state index in [2.05, 4.69) is 82.4 Å². The van der Waals surface area contributed by atoms with Crippen LogP contribution in [0.25, 0.3) is 11.6 Å². The molecular weight excluding hydrogens is 288 g/mol. The quantitative estimate of drug-likeness (QED) is 0.561. The highest BCUT2D eigenvalue weighted by Gasteiger charge is 2.28. The summed E-state index contributed by atoms with van der Waals surface area (Å²) in [6.45, 7) is 9.20. The molecule has 0 N–H and O–H groups in total. The van der Waals surface area contributed by atoms with Gasteiger partial charge in [0.1, 0.15) is 0 Å². The summed E-state index contributed by atoms with van der Waals surface area (Å²) in [6, 6.07) is 7.05. The van der Waals surface area contributed by atoms with Crippen LogP contribution in [0.4, 0.5) is 0 Å². The maximum Gasteiger partial charge on any atom is 0.00758 e. The summed E-state index contributed by atoms with van der Waals surface area (Å²) in [5, 5.41) is 0. The lowest BCUT2D eigenvalue weighted by atomic mass is 9.77. The second kappa shape index (κ2) is 5.48. The Labute approximate surface area is 146 Å². The van der Waals surface area contributed by atoms with Crippen molar-refractivity contribution < 1.29 is 0 Å². The summed E-state index contributed by atoms with van der Waals surface area (Å²) in [5.41, 5.74) is 10.3. The molecule has 0 amide bonds. The predicted molar refractivity (Wildman–Crippen MR) is 105 cm³/mol. The van der Waals surface area contributed by atoms with Crippen molar-refractivity contribution in [1.29, 1.82) is 0 Å². The number of allylic oxidation sites excluding steroid dienone is 9. The zero-order valence-corrected chi connectivity index (χ0v) is 15.2. The van der Waals surface area contributed by atoms with Gasteiger partial charge in [-0.1, -0.05) is 69.4 Å². The second-order valence-corrected chi connectivity index (χ2v) is 8.35. The van der Waals surface area contributed by atoms with Crippen LogP contribution >= 0.6 is 0 Å². The van der Waals surface area contributed by atoms with Crippen LogP contribution in [0.2, 0.25) is 0 Å². The molecule has 3 aliphatic rings. The van der Waals surface area contributed by atoms with Gasteiger partial charge in [0.05, 0.1) is 0 Å². The SMILES string of the molecule is CC1=C(C2=CCC(c3ccc4c(c3)C=CC4C(C)(C)C)=C2)CC=C1. The molecule has 1 atom stereocenters. The van der Waals surface area contributed by atoms with Crippen LogP contribution in [0.1, 0.15) is 63.1 Å². The van der Waals surface area contributed by atoms with Crippen molar-refractivity contribution in [3.05, 3.63) is 82.0 Å². The molecule has 4 rings (SSSR count). The lowest BCUT2D eigenvalue weighted by molar-refractivity contribution is 0.370. The Hall–Kier alpha value is -2.08. The van der Waals surface area contributed by atoms with E-state index in [0.29, 0.717) is 5.92 Å². The van der Waals surface area contributed by atoms with Crippen molar-refractivity contribution in [2.24, 2.45) is 5.41 Å². The first-order valence-corrected chi connectivity index (χ1v) is 9.03. The van der Waals surface area contributed by atoms with Gasteiger partial charge in [0.25, 0.3) is 0 Å². The van der Waals surface area contributed by atoms with Crippen molar-refractivity contribution in [3.8, 4) is 0 Å². The Kier molecular flexibility index (Phi) is 3.53. The highest BCUT2D eigenvalue weighted by Crippen LogP contribution is 2.44. The van der Waals surface area contributed by atoms with E-state index in [1.165, 1.54) is 39.0 Å². The molecular formula is C24H26. The summed E-state index contributed by atoms with van der Waals surface area (Å²) in [4.78, 5) is 0. The van der Waals surface area contributed by atoms with Gasteiger partial charge < -0.3 is 0 Å². The van der Waals surface area contributed by atoms with Gasteiger partial charge in [0.15, 0.2) is 0 Å². The number of fused-ring (bicyclic) bond motifs is 1. The average molecular weight is 314 g/mol. The van der Waals surface area contributed by atoms with Gasteiger partial charge in [-0.25, -0.2) is 0 Å². The summed E-state index contributed by atoms with van der Waals surface area (Å²) in [5.74, 6) is 0.533. The fourth-order valence-corrected chi connectivity index (χ4v) is 4.16. The Morgan fingerprint density at radius 1 is 1.04 bits per heavy atom. The number of benzene rings is 1. The Balaban J connectivity index is 1.62. The van der Waals surface area contributed by atoms with E-state index < -0.39 is 0 Å². The van der Waals surface area contributed by atoms with Crippen molar-refractivity contribution in [1.82, 2.24) is 0 Å². The van der Waals surface area contributed by atoms with E-state index in [9.17, 15) is 0 Å². The lowest BCUT2D eigenvalue weighted by Gasteiger charge is -2.27. The molecule has 0 heteroatoms. The van der Waals surface area contributed by atoms with Crippen LogP contribution in [0.3, 0.4) is 0 Å². The average Bonchev–Trinajstić information content (AvgIpc) is 3.23. The topological polar surface area (TPSA) is 0 Å². The normalized spacial score (nSPS) is 22.2. The van der Waals surface area contributed by atoms with Gasteiger partial charge in [0, 0.05) is 5.92 Å². The maximum atomic E-state index is 2.40. The Morgan fingerprint density at radius 2 is 1.88 bits per heavy atom. The van der Waals surface area contributed by atoms with Crippen LogP contribution in [-0.4, -0.2) is 0 Å². The largest absolute Gasteiger partial charge is 0.0798 e. The lowest BCUT2D eigenvalue weighted by Crippen LogP contribution is -2.15. The minimum absolute atomic E-state index is 0.282. The summed E-state index contributed by atoms with van der Waals surface area (Å²) >= 11 is 0. The molecule has 0 saturated carbocycles. The zero-order valence-electron chi connectivity index (χ0n) is 15.2. The third kappa shape index (κ3) is 2.55. The highest BCUT2D eigenvalue weighted by atomic mass is 14.3. The highest BCUT2D eigenvalue weighted by molar-refractivity contribution is 5.78. The van der Waals surface area contributed by atoms with E-state index in [1.54, 1.807) is 0 Å². The Morgan fingerprint density at radius 3 is 2.58 bits per heavy atom. The van der Waals surface area contributed by atoms with Crippen LogP contribution in [0.15, 0.2) is 65.3 Å². The first-order chi connectivity index (χ1) is 11.4. The van der Waals surface area contributed by atoms with Gasteiger partial charge >= 0.3 is 0 Å². The molecule has 0 heterocycles. The molecule has 0 saturated heterocycles. The first kappa shape index (κ1) is 15.4. The van der Waals surface area contributed by atoms with Crippen molar-refractivity contribution in [2.45, 2.75) is 46.5 Å². The van der Waals surface area contributed by atoms with Crippen molar-refractivity contribution >= 4 is 11.6 Å². The molecule has 0 spiro atoms. The van der Waals surface area contributed by atoms with Gasteiger partial charge in [-0.15, -0.1) is 0 Å². The number of hydrogen-bond acceptors (Lipinski definition) is 0. The van der Waals surface area contributed by atoms with Crippen molar-refractivity contribution in [2.75, 3.05) is 0 Å². The van der Waals surface area contributed by atoms with E-state index in [1.807, 2.05) is 0 Å². The first-order valence-electron chi connectivity index (χ1n) is 9.03. The smallest absolute Gasteiger partial charge is 0.00758 e. The molecule has 0 aromatic heterocycles. The molecule has 24 heavy (non-hydrogen) atoms. The number of hydrogen-bond donors (Lipinski definition) is 0. The minimum Gasteiger partial charge on any atom is -0.0798 e. The fourth-order valence-electron chi connectivity index (χ4n) is 4.16. The maximum absolute atomic E-state index is 2.40. The molecule has 0 nitrogen and oxygen atoms in total. The molecule has 1 unspecified atom stereocenters. The van der Waals surface area contributed by atoms with Crippen LogP contribution in [-0.2, 0) is 0 Å². The van der Waals surface area contributed by atoms with Crippen molar-refractivity contribution in [3.63, 3.8) is 0 Å². The molecule has 122 valence electrons. The predicted octanol–water partition coefficient (Wildman–Crippen LogP) is 6.83. The monoisotopic (exact) mass is 314 g/mol. The number of rotatable bonds is 2. The van der Waals surface area contributed by atoms with E-state index in [0.717, 1.165) is 12.8 Å². The van der Waals surface area contributed by atoms with Crippen LogP contribution in [0.5, 0.6) is 0 Å². The standard InChI is InChI=1S/C24H26/c1-16-6-5-7-21(16)19-9-8-17(14-19)18-10-12-22-20(15-18)11-13-23(22)24(2,3)4/h5-6,9-15,23H,7-8H2,1-4H3. The van der Waals surface area contributed by atoms with E-state index in [-0.39, 0.29) is 5.41 Å². The van der Waals surface area contributed by atoms with E-state index >= 15 is 0 Å². The van der Waals surface area contributed by atoms with E-state index in [4.69, 9.17) is 0 Å². The second-order valence-electron chi connectivity index (χ2n) is 8.35. The molecule has 0 aliphatic heterocycles. The molecule has 0 bridgehead atoms. The molecule has 0 fully saturated rings. The molecule has 1 aromatic rings. The molecule has 3 aliphatic carbocycles. The minimum atomic E-state index is 0.282. The van der Waals surface area contributed by atoms with Crippen LogP contribution in [0, 0.1) is 5.41 Å². The molecule has 0 radical (unpaired) electrons. The van der Waals surface area contributed by atoms with Gasteiger partial charge in [-0.05, 0) is 70.2 Å². The van der Waals surface area contributed by atoms with Gasteiger partial charge in [-0.2, -0.15) is 0 Å². The summed E-state index contributed by atoms with van der Waals surface area (Å²) in [6.07, 6.45) is 16.1. The zero-order chi connectivity index (χ0) is 16.9. The summed E-state index contributed by atoms with van der Waals surface area (Å²) in [7, 11) is 0. The third-order valence-electron chi connectivity index (χ3n) is 5.58.